The number of aliphatic hydroxyl groups is 1. The number of hydrogen-bond donors (Lipinski definition) is 2. The van der Waals surface area contributed by atoms with E-state index in [1.165, 1.54) is 25.3 Å². The molecular formula is C23H20Cl2F3NO4. The van der Waals surface area contributed by atoms with Crippen LogP contribution in [0, 0.1) is 0 Å². The molecule has 0 amide bonds. The molecule has 0 aromatic heterocycles. The van der Waals surface area contributed by atoms with Crippen LogP contribution in [0.25, 0.3) is 0 Å². The summed E-state index contributed by atoms with van der Waals surface area (Å²) in [6.45, 7) is 0.319. The zero-order chi connectivity index (χ0) is 24.2. The maximum absolute atomic E-state index is 12.7. The first-order chi connectivity index (χ1) is 15.6. The monoisotopic (exact) mass is 501 g/mol. The third-order valence-electron chi connectivity index (χ3n) is 4.79. The SMILES string of the molecule is COc1ccc(CNc2ccc(Cl)cc2[C@@H](O)c2cccc(OC(F)(F)F)c2Cl)c(OC)c1. The Hall–Kier alpha value is -2.81. The molecule has 0 fully saturated rings. The van der Waals surface area contributed by atoms with Gasteiger partial charge >= 0.3 is 6.36 Å². The molecule has 0 saturated heterocycles. The lowest BCUT2D eigenvalue weighted by atomic mass is 9.99. The molecule has 1 atom stereocenters. The number of anilines is 1. The molecule has 176 valence electrons. The predicted molar refractivity (Wildman–Crippen MR) is 121 cm³/mol. The number of benzene rings is 3. The second-order valence-corrected chi connectivity index (χ2v) is 7.69. The molecule has 5 nitrogen and oxygen atoms in total. The van der Waals surface area contributed by atoms with Crippen LogP contribution in [0.2, 0.25) is 10.0 Å². The quantitative estimate of drug-likeness (QED) is 0.364. The van der Waals surface area contributed by atoms with E-state index in [-0.39, 0.29) is 10.6 Å². The Bertz CT molecular complexity index is 1130. The molecule has 3 aromatic carbocycles. The van der Waals surface area contributed by atoms with Crippen molar-refractivity contribution in [1.82, 2.24) is 0 Å². The van der Waals surface area contributed by atoms with Gasteiger partial charge < -0.3 is 24.6 Å². The first-order valence-electron chi connectivity index (χ1n) is 9.59. The smallest absolute Gasteiger partial charge is 0.497 e. The molecule has 0 bridgehead atoms. The number of alkyl halides is 3. The van der Waals surface area contributed by atoms with Crippen LogP contribution < -0.4 is 19.5 Å². The zero-order valence-electron chi connectivity index (χ0n) is 17.5. The maximum atomic E-state index is 12.7. The second kappa shape index (κ2) is 10.4. The fourth-order valence-electron chi connectivity index (χ4n) is 3.22. The highest BCUT2D eigenvalue weighted by atomic mass is 35.5. The van der Waals surface area contributed by atoms with Gasteiger partial charge in [0.2, 0.25) is 0 Å². The number of methoxy groups -OCH3 is 2. The summed E-state index contributed by atoms with van der Waals surface area (Å²) < 4.78 is 52.6. The van der Waals surface area contributed by atoms with Gasteiger partial charge in [0.25, 0.3) is 0 Å². The molecule has 33 heavy (non-hydrogen) atoms. The lowest BCUT2D eigenvalue weighted by molar-refractivity contribution is -0.274. The molecule has 0 heterocycles. The Morgan fingerprint density at radius 2 is 1.70 bits per heavy atom. The van der Waals surface area contributed by atoms with Crippen LogP contribution in [-0.2, 0) is 6.54 Å². The Morgan fingerprint density at radius 3 is 2.36 bits per heavy atom. The summed E-state index contributed by atoms with van der Waals surface area (Å²) in [5, 5.41) is 14.2. The lowest BCUT2D eigenvalue weighted by Crippen LogP contribution is -2.18. The van der Waals surface area contributed by atoms with E-state index in [1.54, 1.807) is 31.4 Å². The van der Waals surface area contributed by atoms with Crippen LogP contribution >= 0.6 is 23.2 Å². The minimum Gasteiger partial charge on any atom is -0.497 e. The van der Waals surface area contributed by atoms with E-state index in [4.69, 9.17) is 32.7 Å². The van der Waals surface area contributed by atoms with Crippen molar-refractivity contribution in [2.75, 3.05) is 19.5 Å². The molecule has 0 aliphatic heterocycles. The fraction of sp³-hybridized carbons (Fsp3) is 0.217. The molecule has 0 spiro atoms. The van der Waals surface area contributed by atoms with Crippen LogP contribution in [0.3, 0.4) is 0 Å². The zero-order valence-corrected chi connectivity index (χ0v) is 19.1. The summed E-state index contributed by atoms with van der Waals surface area (Å²) in [5.74, 6) is 0.618. The highest BCUT2D eigenvalue weighted by Gasteiger charge is 2.33. The molecule has 0 unspecified atom stereocenters. The lowest BCUT2D eigenvalue weighted by Gasteiger charge is -2.20. The van der Waals surface area contributed by atoms with Crippen molar-refractivity contribution in [3.63, 3.8) is 0 Å². The third-order valence-corrected chi connectivity index (χ3v) is 5.42. The Labute approximate surface area is 198 Å². The molecule has 2 N–H and O–H groups in total. The number of halogens is 5. The van der Waals surface area contributed by atoms with E-state index < -0.39 is 18.2 Å². The standard InChI is InChI=1S/C23H20Cl2F3NO4/c1-31-15-8-6-13(20(11-15)32-2)12-29-18-9-7-14(24)10-17(18)22(30)16-4-3-5-19(21(16)25)33-23(26,27)28/h3-11,22,29-30H,12H2,1-2H3/t22-/m0/s1. The van der Waals surface area contributed by atoms with Crippen molar-refractivity contribution >= 4 is 28.9 Å². The predicted octanol–water partition coefficient (Wildman–Crippen LogP) is 6.60. The van der Waals surface area contributed by atoms with Crippen LogP contribution in [0.5, 0.6) is 17.2 Å². The van der Waals surface area contributed by atoms with E-state index in [2.05, 4.69) is 10.1 Å². The minimum absolute atomic E-state index is 0.0331. The molecule has 0 aliphatic rings. The number of ether oxygens (including phenoxy) is 3. The first-order valence-corrected chi connectivity index (χ1v) is 10.3. The largest absolute Gasteiger partial charge is 0.573 e. The van der Waals surface area contributed by atoms with Crippen molar-refractivity contribution in [2.45, 2.75) is 19.0 Å². The van der Waals surface area contributed by atoms with Crippen molar-refractivity contribution in [3.05, 3.63) is 81.3 Å². The van der Waals surface area contributed by atoms with Crippen LogP contribution in [0.15, 0.2) is 54.6 Å². The van der Waals surface area contributed by atoms with Gasteiger partial charge in [0.15, 0.2) is 0 Å². The topological polar surface area (TPSA) is 60.0 Å². The van der Waals surface area contributed by atoms with Crippen molar-refractivity contribution < 1.29 is 32.5 Å². The van der Waals surface area contributed by atoms with Gasteiger partial charge in [0.1, 0.15) is 23.4 Å². The number of rotatable bonds is 8. The summed E-state index contributed by atoms with van der Waals surface area (Å²) in [4.78, 5) is 0. The van der Waals surface area contributed by atoms with Gasteiger partial charge in [-0.15, -0.1) is 13.2 Å². The molecule has 10 heteroatoms. The van der Waals surface area contributed by atoms with Crippen LogP contribution in [-0.4, -0.2) is 25.7 Å². The number of aliphatic hydroxyl groups excluding tert-OH is 1. The third kappa shape index (κ3) is 6.16. The van der Waals surface area contributed by atoms with E-state index in [9.17, 15) is 18.3 Å². The highest BCUT2D eigenvalue weighted by Crippen LogP contribution is 2.39. The second-order valence-electron chi connectivity index (χ2n) is 6.87. The van der Waals surface area contributed by atoms with Gasteiger partial charge in [0, 0.05) is 40.0 Å². The van der Waals surface area contributed by atoms with E-state index in [1.807, 2.05) is 6.07 Å². The number of hydrogen-bond acceptors (Lipinski definition) is 5. The van der Waals surface area contributed by atoms with E-state index >= 15 is 0 Å². The summed E-state index contributed by atoms with van der Waals surface area (Å²) in [6.07, 6.45) is -6.30. The fourth-order valence-corrected chi connectivity index (χ4v) is 3.67. The summed E-state index contributed by atoms with van der Waals surface area (Å²) in [7, 11) is 3.09. The molecular weight excluding hydrogens is 482 g/mol. The Morgan fingerprint density at radius 1 is 0.939 bits per heavy atom. The summed E-state index contributed by atoms with van der Waals surface area (Å²) >= 11 is 12.3. The Kier molecular flexibility index (Phi) is 7.84. The van der Waals surface area contributed by atoms with E-state index in [0.29, 0.717) is 34.3 Å². The average molecular weight is 502 g/mol. The highest BCUT2D eigenvalue weighted by molar-refractivity contribution is 6.33. The van der Waals surface area contributed by atoms with Crippen molar-refractivity contribution in [3.8, 4) is 17.2 Å². The van der Waals surface area contributed by atoms with Gasteiger partial charge in [-0.05, 0) is 36.4 Å². The summed E-state index contributed by atoms with van der Waals surface area (Å²) in [5.41, 5.74) is 1.67. The van der Waals surface area contributed by atoms with Crippen LogP contribution in [0.1, 0.15) is 22.8 Å². The minimum atomic E-state index is -4.92. The first kappa shape index (κ1) is 24.8. The normalized spacial score (nSPS) is 12.2. The van der Waals surface area contributed by atoms with Crippen LogP contribution in [0.4, 0.5) is 18.9 Å². The Balaban J connectivity index is 1.91. The van der Waals surface area contributed by atoms with Gasteiger partial charge in [-0.25, -0.2) is 0 Å². The van der Waals surface area contributed by atoms with Crippen molar-refractivity contribution in [1.29, 1.82) is 0 Å². The molecule has 3 rings (SSSR count). The number of nitrogens with one attached hydrogen (secondary N) is 1. The van der Waals surface area contributed by atoms with Gasteiger partial charge in [-0.2, -0.15) is 0 Å². The van der Waals surface area contributed by atoms with Gasteiger partial charge in [-0.3, -0.25) is 0 Å². The van der Waals surface area contributed by atoms with E-state index in [0.717, 1.165) is 11.6 Å². The summed E-state index contributed by atoms with van der Waals surface area (Å²) in [6, 6.07) is 13.9. The molecule has 0 aliphatic carbocycles. The molecule has 0 radical (unpaired) electrons. The average Bonchev–Trinajstić information content (AvgIpc) is 2.78. The molecule has 0 saturated carbocycles. The maximum Gasteiger partial charge on any atom is 0.573 e. The molecule has 3 aromatic rings. The van der Waals surface area contributed by atoms with Gasteiger partial charge in [-0.1, -0.05) is 35.3 Å². The van der Waals surface area contributed by atoms with Gasteiger partial charge in [0.05, 0.1) is 19.2 Å². The van der Waals surface area contributed by atoms with Crippen molar-refractivity contribution in [2.24, 2.45) is 0 Å².